The van der Waals surface area contributed by atoms with E-state index in [0.717, 1.165) is 69.2 Å². The minimum atomic E-state index is 0.481. The molecule has 5 rings (SSSR count). The summed E-state index contributed by atoms with van der Waals surface area (Å²) in [7, 11) is 0. The first-order chi connectivity index (χ1) is 13.3. The molecule has 7 heteroatoms. The molecule has 0 atom stereocenters. The van der Waals surface area contributed by atoms with Gasteiger partial charge in [0.2, 0.25) is 0 Å². The lowest BCUT2D eigenvalue weighted by molar-refractivity contribution is 0.122. The Morgan fingerprint density at radius 1 is 1.07 bits per heavy atom. The fourth-order valence-corrected chi connectivity index (χ4v) is 4.16. The number of nitrogens with two attached hydrogens (primary N) is 1. The lowest BCUT2D eigenvalue weighted by Crippen LogP contribution is -2.39. The number of nitrogens with one attached hydrogen (secondary N) is 1. The average Bonchev–Trinajstić information content (AvgIpc) is 3.09. The Bertz CT molecular complexity index is 948. The van der Waals surface area contributed by atoms with Crippen LogP contribution in [-0.2, 0) is 24.2 Å². The molecule has 0 radical (unpaired) electrons. The van der Waals surface area contributed by atoms with Gasteiger partial charge < -0.3 is 15.4 Å². The number of benzene rings is 1. The Morgan fingerprint density at radius 2 is 1.89 bits per heavy atom. The summed E-state index contributed by atoms with van der Waals surface area (Å²) in [6, 6.07) is 10.6. The lowest BCUT2D eigenvalue weighted by atomic mass is 9.98. The molecule has 2 aliphatic heterocycles. The highest BCUT2D eigenvalue weighted by Crippen LogP contribution is 2.34. The summed E-state index contributed by atoms with van der Waals surface area (Å²) in [4.78, 5) is 9.77. The number of fused-ring (bicyclic) bond motifs is 3. The van der Waals surface area contributed by atoms with E-state index in [4.69, 9.17) is 15.5 Å². The second-order valence-corrected chi connectivity index (χ2v) is 7.27. The van der Waals surface area contributed by atoms with Crippen LogP contribution in [0.2, 0.25) is 0 Å². The molecule has 7 nitrogen and oxygen atoms in total. The van der Waals surface area contributed by atoms with Gasteiger partial charge >= 0.3 is 0 Å². The van der Waals surface area contributed by atoms with Crippen molar-refractivity contribution < 1.29 is 4.74 Å². The maximum absolute atomic E-state index is 6.08. The summed E-state index contributed by atoms with van der Waals surface area (Å²) in [6.07, 6.45) is 0.972. The molecule has 3 N–H and O–H groups in total. The van der Waals surface area contributed by atoms with E-state index in [2.05, 4.69) is 50.3 Å². The van der Waals surface area contributed by atoms with Gasteiger partial charge in [0.05, 0.1) is 18.7 Å². The van der Waals surface area contributed by atoms with E-state index in [-0.39, 0.29) is 0 Å². The first-order valence-electron chi connectivity index (χ1n) is 9.54. The number of nitrogens with zero attached hydrogens (tertiary/aromatic N) is 4. The van der Waals surface area contributed by atoms with Crippen molar-refractivity contribution in [1.82, 2.24) is 20.1 Å². The third-order valence-corrected chi connectivity index (χ3v) is 5.54. The van der Waals surface area contributed by atoms with E-state index < -0.39 is 0 Å². The molecule has 0 unspecified atom stereocenters. The Hall–Kier alpha value is -2.64. The highest BCUT2D eigenvalue weighted by molar-refractivity contribution is 5.90. The second kappa shape index (κ2) is 6.83. The van der Waals surface area contributed by atoms with Crippen LogP contribution in [0.15, 0.2) is 30.3 Å². The monoisotopic (exact) mass is 364 g/mol. The van der Waals surface area contributed by atoms with Gasteiger partial charge in [-0.05, 0) is 17.5 Å². The van der Waals surface area contributed by atoms with Gasteiger partial charge in [0.25, 0.3) is 0 Å². The van der Waals surface area contributed by atoms with E-state index in [0.29, 0.717) is 5.82 Å². The molecule has 140 valence electrons. The normalized spacial score (nSPS) is 18.0. The van der Waals surface area contributed by atoms with Crippen LogP contribution in [0.4, 0.5) is 11.6 Å². The van der Waals surface area contributed by atoms with E-state index in [9.17, 15) is 0 Å². The van der Waals surface area contributed by atoms with Crippen molar-refractivity contribution in [1.29, 1.82) is 0 Å². The zero-order chi connectivity index (χ0) is 18.2. The van der Waals surface area contributed by atoms with Crippen molar-refractivity contribution in [3.05, 3.63) is 47.0 Å². The molecule has 0 aliphatic carbocycles. The SMILES string of the molecule is Nc1n[nH]c2c3c(c(N4CCOCC4)nc12)CN(Cc1ccccc1)CC3. The predicted octanol–water partition coefficient (Wildman–Crippen LogP) is 1.93. The Morgan fingerprint density at radius 3 is 2.70 bits per heavy atom. The minimum absolute atomic E-state index is 0.481. The number of hydrogen-bond acceptors (Lipinski definition) is 6. The van der Waals surface area contributed by atoms with Gasteiger partial charge in [-0.1, -0.05) is 30.3 Å². The molecular formula is C20H24N6O. The molecular weight excluding hydrogens is 340 g/mol. The number of anilines is 2. The van der Waals surface area contributed by atoms with Crippen LogP contribution in [0.1, 0.15) is 16.7 Å². The largest absolute Gasteiger partial charge is 0.380 e. The molecule has 4 heterocycles. The molecule has 2 aliphatic rings. The van der Waals surface area contributed by atoms with E-state index in [1.165, 1.54) is 16.7 Å². The first-order valence-corrected chi connectivity index (χ1v) is 9.54. The number of H-pyrrole nitrogens is 1. The smallest absolute Gasteiger partial charge is 0.171 e. The predicted molar refractivity (Wildman–Crippen MR) is 106 cm³/mol. The Labute approximate surface area is 158 Å². The Kier molecular flexibility index (Phi) is 4.18. The third-order valence-electron chi connectivity index (χ3n) is 5.54. The number of hydrogen-bond donors (Lipinski definition) is 2. The molecule has 1 fully saturated rings. The zero-order valence-electron chi connectivity index (χ0n) is 15.3. The van der Waals surface area contributed by atoms with Crippen molar-refractivity contribution in [2.24, 2.45) is 0 Å². The molecule has 27 heavy (non-hydrogen) atoms. The van der Waals surface area contributed by atoms with Crippen LogP contribution in [-0.4, -0.2) is 52.9 Å². The quantitative estimate of drug-likeness (QED) is 0.739. The number of aromatic amines is 1. The van der Waals surface area contributed by atoms with Gasteiger partial charge in [-0.2, -0.15) is 5.10 Å². The molecule has 1 saturated heterocycles. The van der Waals surface area contributed by atoms with Crippen molar-refractivity contribution in [2.45, 2.75) is 19.5 Å². The molecule has 3 aromatic rings. The summed E-state index contributed by atoms with van der Waals surface area (Å²) < 4.78 is 5.54. The van der Waals surface area contributed by atoms with Crippen molar-refractivity contribution in [3.63, 3.8) is 0 Å². The molecule has 0 bridgehead atoms. The second-order valence-electron chi connectivity index (χ2n) is 7.27. The van der Waals surface area contributed by atoms with E-state index >= 15 is 0 Å². The number of morpholine rings is 1. The number of nitrogen functional groups attached to an aromatic ring is 1. The summed E-state index contributed by atoms with van der Waals surface area (Å²) in [5.41, 5.74) is 11.8. The van der Waals surface area contributed by atoms with Gasteiger partial charge in [-0.25, -0.2) is 4.98 Å². The maximum atomic E-state index is 6.08. The van der Waals surface area contributed by atoms with Gasteiger partial charge in [0, 0.05) is 38.3 Å². The molecule has 1 aromatic carbocycles. The minimum Gasteiger partial charge on any atom is -0.380 e. The van der Waals surface area contributed by atoms with Crippen LogP contribution in [0.5, 0.6) is 0 Å². The van der Waals surface area contributed by atoms with Crippen LogP contribution in [0, 0.1) is 0 Å². The van der Waals surface area contributed by atoms with E-state index in [1.807, 2.05) is 0 Å². The zero-order valence-corrected chi connectivity index (χ0v) is 15.3. The molecule has 0 spiro atoms. The van der Waals surface area contributed by atoms with Crippen LogP contribution < -0.4 is 10.6 Å². The van der Waals surface area contributed by atoms with Gasteiger partial charge in [0.15, 0.2) is 5.82 Å². The topological polar surface area (TPSA) is 83.3 Å². The summed E-state index contributed by atoms with van der Waals surface area (Å²) in [5.74, 6) is 1.53. The van der Waals surface area contributed by atoms with Gasteiger partial charge in [-0.3, -0.25) is 10.00 Å². The van der Waals surface area contributed by atoms with Gasteiger partial charge in [-0.15, -0.1) is 0 Å². The summed E-state index contributed by atoms with van der Waals surface area (Å²) in [5, 5.41) is 7.32. The summed E-state index contributed by atoms with van der Waals surface area (Å²) >= 11 is 0. The maximum Gasteiger partial charge on any atom is 0.171 e. The molecule has 2 aromatic heterocycles. The van der Waals surface area contributed by atoms with Crippen molar-refractivity contribution >= 4 is 22.7 Å². The van der Waals surface area contributed by atoms with Crippen molar-refractivity contribution in [3.8, 4) is 0 Å². The summed E-state index contributed by atoms with van der Waals surface area (Å²) in [6.45, 7) is 6.06. The number of ether oxygens (including phenoxy) is 1. The highest BCUT2D eigenvalue weighted by atomic mass is 16.5. The lowest BCUT2D eigenvalue weighted by Gasteiger charge is -2.35. The number of rotatable bonds is 3. The number of aromatic nitrogens is 3. The average molecular weight is 364 g/mol. The van der Waals surface area contributed by atoms with Gasteiger partial charge in [0.1, 0.15) is 11.3 Å². The van der Waals surface area contributed by atoms with Crippen LogP contribution in [0.25, 0.3) is 11.0 Å². The fourth-order valence-electron chi connectivity index (χ4n) is 4.16. The first kappa shape index (κ1) is 16.5. The van der Waals surface area contributed by atoms with Crippen LogP contribution in [0.3, 0.4) is 0 Å². The Balaban J connectivity index is 1.54. The third kappa shape index (κ3) is 3.02. The standard InChI is InChI=1S/C20H24N6O/c21-19-18-17(23-24-19)15-6-7-25(12-14-4-2-1-3-5-14)13-16(15)20(22-18)26-8-10-27-11-9-26/h1-5H,6-13H2,(H3,21,23,24). The van der Waals surface area contributed by atoms with Crippen molar-refractivity contribution in [2.75, 3.05) is 43.5 Å². The fraction of sp³-hybridized carbons (Fsp3) is 0.400. The molecule has 0 saturated carbocycles. The molecule has 0 amide bonds. The van der Waals surface area contributed by atoms with Crippen LogP contribution >= 0.6 is 0 Å². The van der Waals surface area contributed by atoms with E-state index in [1.54, 1.807) is 0 Å². The highest BCUT2D eigenvalue weighted by Gasteiger charge is 2.27. The number of pyridine rings is 1.